The Balaban J connectivity index is 2.11. The van der Waals surface area contributed by atoms with Crippen LogP contribution in [0.1, 0.15) is 29.6 Å². The van der Waals surface area contributed by atoms with Crippen molar-refractivity contribution < 1.29 is 18.4 Å². The van der Waals surface area contributed by atoms with Gasteiger partial charge in [0.2, 0.25) is 5.91 Å². The molecule has 0 unspecified atom stereocenters. The lowest BCUT2D eigenvalue weighted by molar-refractivity contribution is -0.132. The van der Waals surface area contributed by atoms with Crippen LogP contribution in [0.3, 0.4) is 0 Å². The van der Waals surface area contributed by atoms with Gasteiger partial charge in [-0.1, -0.05) is 0 Å². The molecule has 1 fully saturated rings. The van der Waals surface area contributed by atoms with Crippen molar-refractivity contribution in [3.05, 3.63) is 35.4 Å². The van der Waals surface area contributed by atoms with E-state index in [0.29, 0.717) is 13.0 Å². The number of hydrogen-bond acceptors (Lipinski definition) is 2. The van der Waals surface area contributed by atoms with Crippen LogP contribution in [0.4, 0.5) is 8.78 Å². The number of hydrogen-bond donors (Lipinski definition) is 0. The minimum atomic E-state index is -0.758. The van der Waals surface area contributed by atoms with E-state index in [0.717, 1.165) is 31.0 Å². The molecule has 1 saturated heterocycles. The average Bonchev–Trinajstić information content (AvgIpc) is 2.35. The van der Waals surface area contributed by atoms with E-state index in [9.17, 15) is 18.4 Å². The monoisotopic (exact) mass is 253 g/mol. The molecular weight excluding hydrogens is 240 g/mol. The van der Waals surface area contributed by atoms with Gasteiger partial charge in [0.05, 0.1) is 12.1 Å². The van der Waals surface area contributed by atoms with Crippen molar-refractivity contribution in [1.82, 2.24) is 4.90 Å². The maximum atomic E-state index is 13.4. The molecular formula is C13H13F2NO2. The first-order valence-electron chi connectivity index (χ1n) is 5.84. The van der Waals surface area contributed by atoms with Crippen LogP contribution in [0.15, 0.2) is 18.2 Å². The lowest BCUT2D eigenvalue weighted by Crippen LogP contribution is -2.39. The van der Waals surface area contributed by atoms with Crippen molar-refractivity contribution in [3.63, 3.8) is 0 Å². The third-order valence-electron chi connectivity index (χ3n) is 2.98. The SMILES string of the molecule is O=C(CN1CCCCC1=O)c1cc(F)ccc1F. The second-order valence-corrected chi connectivity index (χ2v) is 4.32. The lowest BCUT2D eigenvalue weighted by atomic mass is 10.1. The Morgan fingerprint density at radius 1 is 1.28 bits per heavy atom. The van der Waals surface area contributed by atoms with Gasteiger partial charge in [0, 0.05) is 13.0 Å². The predicted molar refractivity (Wildman–Crippen MR) is 61.1 cm³/mol. The fourth-order valence-electron chi connectivity index (χ4n) is 2.00. The number of Topliss-reactive ketones (excluding diaryl/α,β-unsaturated/α-hetero) is 1. The molecule has 2 rings (SSSR count). The normalized spacial score (nSPS) is 15.9. The number of halogens is 2. The van der Waals surface area contributed by atoms with E-state index in [1.807, 2.05) is 0 Å². The summed E-state index contributed by atoms with van der Waals surface area (Å²) in [5, 5.41) is 0. The first kappa shape index (κ1) is 12.7. The van der Waals surface area contributed by atoms with Gasteiger partial charge in [0.15, 0.2) is 5.78 Å². The molecule has 96 valence electrons. The third kappa shape index (κ3) is 2.72. The van der Waals surface area contributed by atoms with Crippen molar-refractivity contribution in [3.8, 4) is 0 Å². The second kappa shape index (κ2) is 5.25. The van der Waals surface area contributed by atoms with Gasteiger partial charge in [-0.05, 0) is 31.0 Å². The Hall–Kier alpha value is -1.78. The van der Waals surface area contributed by atoms with Crippen LogP contribution in [-0.4, -0.2) is 29.7 Å². The summed E-state index contributed by atoms with van der Waals surface area (Å²) in [6.07, 6.45) is 2.07. The Morgan fingerprint density at radius 3 is 2.78 bits per heavy atom. The Kier molecular flexibility index (Phi) is 3.69. The van der Waals surface area contributed by atoms with Crippen molar-refractivity contribution >= 4 is 11.7 Å². The molecule has 0 radical (unpaired) electrons. The summed E-state index contributed by atoms with van der Waals surface area (Å²) in [6.45, 7) is 0.320. The highest BCUT2D eigenvalue weighted by molar-refractivity contribution is 5.99. The Bertz CT molecular complexity index is 488. The molecule has 0 saturated carbocycles. The molecule has 1 heterocycles. The lowest BCUT2D eigenvalue weighted by Gasteiger charge is -2.25. The minimum absolute atomic E-state index is 0.105. The predicted octanol–water partition coefficient (Wildman–Crippen LogP) is 2.16. The summed E-state index contributed by atoms with van der Waals surface area (Å²) in [5.74, 6) is -2.09. The number of carbonyl (C=O) groups excluding carboxylic acids is 2. The minimum Gasteiger partial charge on any atom is -0.335 e. The molecule has 0 aromatic heterocycles. The topological polar surface area (TPSA) is 37.4 Å². The van der Waals surface area contributed by atoms with Gasteiger partial charge in [-0.15, -0.1) is 0 Å². The van der Waals surface area contributed by atoms with E-state index in [2.05, 4.69) is 0 Å². The van der Waals surface area contributed by atoms with Crippen molar-refractivity contribution in [1.29, 1.82) is 0 Å². The molecule has 1 aromatic carbocycles. The Morgan fingerprint density at radius 2 is 2.06 bits per heavy atom. The summed E-state index contributed by atoms with van der Waals surface area (Å²) in [7, 11) is 0. The number of benzene rings is 1. The number of rotatable bonds is 3. The summed E-state index contributed by atoms with van der Waals surface area (Å²) in [6, 6.07) is 2.74. The number of carbonyl (C=O) groups is 2. The fraction of sp³-hybridized carbons (Fsp3) is 0.385. The van der Waals surface area contributed by atoms with Gasteiger partial charge >= 0.3 is 0 Å². The van der Waals surface area contributed by atoms with E-state index in [1.165, 1.54) is 4.90 Å². The first-order valence-corrected chi connectivity index (χ1v) is 5.84. The summed E-state index contributed by atoms with van der Waals surface area (Å²) in [4.78, 5) is 24.7. The zero-order valence-corrected chi connectivity index (χ0v) is 9.79. The van der Waals surface area contributed by atoms with Crippen LogP contribution < -0.4 is 0 Å². The van der Waals surface area contributed by atoms with E-state index >= 15 is 0 Å². The molecule has 1 aliphatic rings. The van der Waals surface area contributed by atoms with Crippen LogP contribution in [0, 0.1) is 11.6 Å². The molecule has 1 aromatic rings. The van der Waals surface area contributed by atoms with Gasteiger partial charge in [-0.3, -0.25) is 9.59 Å². The largest absolute Gasteiger partial charge is 0.335 e. The number of nitrogens with zero attached hydrogens (tertiary/aromatic N) is 1. The highest BCUT2D eigenvalue weighted by Gasteiger charge is 2.22. The van der Waals surface area contributed by atoms with Crippen LogP contribution >= 0.6 is 0 Å². The molecule has 5 heteroatoms. The molecule has 0 atom stereocenters. The zero-order chi connectivity index (χ0) is 13.1. The molecule has 0 bridgehead atoms. The van der Waals surface area contributed by atoms with E-state index in [1.54, 1.807) is 0 Å². The van der Waals surface area contributed by atoms with E-state index < -0.39 is 17.4 Å². The Labute approximate surface area is 103 Å². The maximum Gasteiger partial charge on any atom is 0.222 e. The van der Waals surface area contributed by atoms with Gasteiger partial charge in [-0.25, -0.2) is 8.78 Å². The third-order valence-corrected chi connectivity index (χ3v) is 2.98. The number of amides is 1. The number of likely N-dealkylation sites (tertiary alicyclic amines) is 1. The quantitative estimate of drug-likeness (QED) is 0.774. The highest BCUT2D eigenvalue weighted by Crippen LogP contribution is 2.14. The van der Waals surface area contributed by atoms with Gasteiger partial charge < -0.3 is 4.90 Å². The van der Waals surface area contributed by atoms with E-state index in [4.69, 9.17) is 0 Å². The molecule has 1 aliphatic heterocycles. The van der Waals surface area contributed by atoms with Crippen LogP contribution in [0.5, 0.6) is 0 Å². The van der Waals surface area contributed by atoms with Crippen molar-refractivity contribution in [2.75, 3.05) is 13.1 Å². The average molecular weight is 253 g/mol. The van der Waals surface area contributed by atoms with Crippen LogP contribution in [0.2, 0.25) is 0 Å². The fourth-order valence-corrected chi connectivity index (χ4v) is 2.00. The summed E-state index contributed by atoms with van der Waals surface area (Å²) < 4.78 is 26.3. The van der Waals surface area contributed by atoms with Gasteiger partial charge in [0.25, 0.3) is 0 Å². The summed E-state index contributed by atoms with van der Waals surface area (Å²) >= 11 is 0. The number of piperidine rings is 1. The highest BCUT2D eigenvalue weighted by atomic mass is 19.1. The second-order valence-electron chi connectivity index (χ2n) is 4.32. The van der Waals surface area contributed by atoms with E-state index in [-0.39, 0.29) is 18.0 Å². The van der Waals surface area contributed by atoms with Crippen molar-refractivity contribution in [2.24, 2.45) is 0 Å². The molecule has 0 spiro atoms. The molecule has 0 N–H and O–H groups in total. The van der Waals surface area contributed by atoms with Gasteiger partial charge in [-0.2, -0.15) is 0 Å². The molecule has 18 heavy (non-hydrogen) atoms. The van der Waals surface area contributed by atoms with Crippen molar-refractivity contribution in [2.45, 2.75) is 19.3 Å². The standard InChI is InChI=1S/C13H13F2NO2/c14-9-4-5-11(15)10(7-9)12(17)8-16-6-2-1-3-13(16)18/h4-5,7H,1-3,6,8H2. The smallest absolute Gasteiger partial charge is 0.222 e. The molecule has 0 aliphatic carbocycles. The van der Waals surface area contributed by atoms with Gasteiger partial charge in [0.1, 0.15) is 11.6 Å². The van der Waals surface area contributed by atoms with Crippen LogP contribution in [0.25, 0.3) is 0 Å². The molecule has 3 nitrogen and oxygen atoms in total. The summed E-state index contributed by atoms with van der Waals surface area (Å²) in [5.41, 5.74) is -0.298. The maximum absolute atomic E-state index is 13.4. The first-order chi connectivity index (χ1) is 8.58. The van der Waals surface area contributed by atoms with Crippen LogP contribution in [-0.2, 0) is 4.79 Å². The molecule has 1 amide bonds. The number of ketones is 1. The zero-order valence-electron chi connectivity index (χ0n) is 9.79.